The molecule has 0 aliphatic heterocycles. The van der Waals surface area contributed by atoms with Crippen LogP contribution < -0.4 is 0 Å². The second-order valence-corrected chi connectivity index (χ2v) is 4.65. The summed E-state index contributed by atoms with van der Waals surface area (Å²) in [7, 11) is 0. The van der Waals surface area contributed by atoms with Crippen molar-refractivity contribution in [2.24, 2.45) is 0 Å². The number of nitrogens with zero attached hydrogens (tertiary/aromatic N) is 3. The van der Waals surface area contributed by atoms with Gasteiger partial charge in [-0.3, -0.25) is 0 Å². The predicted molar refractivity (Wildman–Crippen MR) is 75.9 cm³/mol. The van der Waals surface area contributed by atoms with Crippen LogP contribution in [-0.4, -0.2) is 25.2 Å². The van der Waals surface area contributed by atoms with E-state index in [4.69, 9.17) is 0 Å². The smallest absolute Gasteiger partial charge is 0.352 e. The lowest BCUT2D eigenvalue weighted by Gasteiger charge is -2.10. The van der Waals surface area contributed by atoms with Gasteiger partial charge in [-0.2, -0.15) is 0 Å². The zero-order valence-corrected chi connectivity index (χ0v) is 11.2. The summed E-state index contributed by atoms with van der Waals surface area (Å²) in [6, 6.07) is 9.41. The highest BCUT2D eigenvalue weighted by atomic mass is 16.4. The van der Waals surface area contributed by atoms with Crippen molar-refractivity contribution >= 4 is 16.9 Å². The van der Waals surface area contributed by atoms with E-state index < -0.39 is 5.97 Å². The zero-order valence-electron chi connectivity index (χ0n) is 11.2. The Morgan fingerprint density at radius 2 is 2.15 bits per heavy atom. The Hall–Kier alpha value is -2.56. The average molecular weight is 269 g/mol. The Balaban J connectivity index is 2.14. The van der Waals surface area contributed by atoms with Gasteiger partial charge < -0.3 is 14.2 Å². The van der Waals surface area contributed by atoms with Crippen LogP contribution in [0.3, 0.4) is 0 Å². The minimum absolute atomic E-state index is 0.301. The van der Waals surface area contributed by atoms with E-state index in [0.717, 1.165) is 23.1 Å². The number of benzene rings is 1. The summed E-state index contributed by atoms with van der Waals surface area (Å²) in [5.74, 6) is -0.913. The normalized spacial score (nSPS) is 11.1. The topological polar surface area (TPSA) is 60.0 Å². The van der Waals surface area contributed by atoms with Crippen molar-refractivity contribution in [1.29, 1.82) is 0 Å². The molecule has 0 unspecified atom stereocenters. The first-order valence-corrected chi connectivity index (χ1v) is 6.51. The van der Waals surface area contributed by atoms with Gasteiger partial charge in [-0.1, -0.05) is 18.2 Å². The highest BCUT2D eigenvalue weighted by molar-refractivity contribution is 5.94. The third-order valence-electron chi connectivity index (χ3n) is 3.49. The second kappa shape index (κ2) is 4.85. The lowest BCUT2D eigenvalue weighted by molar-refractivity contribution is 0.0686. The summed E-state index contributed by atoms with van der Waals surface area (Å²) in [5, 5.41) is 10.3. The number of carbonyl (C=O) groups is 1. The number of carboxylic acids is 1. The number of para-hydroxylation sites is 1. The van der Waals surface area contributed by atoms with Crippen molar-refractivity contribution in [2.45, 2.75) is 20.0 Å². The monoisotopic (exact) mass is 269 g/mol. The Morgan fingerprint density at radius 1 is 1.35 bits per heavy atom. The van der Waals surface area contributed by atoms with E-state index in [0.29, 0.717) is 12.2 Å². The SMILES string of the molecule is CCn1cncc1Cn1c(C(=O)O)cc2ccccc21. The fraction of sp³-hybridized carbons (Fsp3) is 0.200. The summed E-state index contributed by atoms with van der Waals surface area (Å²) in [4.78, 5) is 15.6. The molecule has 2 heterocycles. The Kier molecular flexibility index (Phi) is 3.02. The fourth-order valence-electron chi connectivity index (χ4n) is 2.48. The molecule has 5 heteroatoms. The van der Waals surface area contributed by atoms with Crippen LogP contribution in [-0.2, 0) is 13.1 Å². The Bertz CT molecular complexity index is 770. The van der Waals surface area contributed by atoms with Gasteiger partial charge in [0.05, 0.1) is 18.6 Å². The summed E-state index contributed by atoms with van der Waals surface area (Å²) < 4.78 is 3.83. The Morgan fingerprint density at radius 3 is 2.90 bits per heavy atom. The van der Waals surface area contributed by atoms with Gasteiger partial charge >= 0.3 is 5.97 Å². The molecule has 2 aromatic heterocycles. The van der Waals surface area contributed by atoms with Crippen molar-refractivity contribution in [3.05, 3.63) is 54.2 Å². The molecule has 1 aromatic carbocycles. The molecular weight excluding hydrogens is 254 g/mol. The molecule has 0 radical (unpaired) electrons. The van der Waals surface area contributed by atoms with E-state index in [9.17, 15) is 9.90 Å². The van der Waals surface area contributed by atoms with Crippen LogP contribution in [0.25, 0.3) is 10.9 Å². The van der Waals surface area contributed by atoms with Crippen molar-refractivity contribution in [2.75, 3.05) is 0 Å². The maximum absolute atomic E-state index is 11.4. The maximum Gasteiger partial charge on any atom is 0.352 e. The molecule has 102 valence electrons. The van der Waals surface area contributed by atoms with Gasteiger partial charge in [-0.05, 0) is 19.1 Å². The summed E-state index contributed by atoms with van der Waals surface area (Å²) in [5.41, 5.74) is 2.22. The average Bonchev–Trinajstić information content (AvgIpc) is 3.04. The van der Waals surface area contributed by atoms with Gasteiger partial charge in [-0.15, -0.1) is 0 Å². The van der Waals surface area contributed by atoms with Crippen molar-refractivity contribution in [3.8, 4) is 0 Å². The number of fused-ring (bicyclic) bond motifs is 1. The molecule has 3 rings (SSSR count). The molecule has 0 atom stereocenters. The highest BCUT2D eigenvalue weighted by Crippen LogP contribution is 2.21. The standard InChI is InChI=1S/C15H15N3O2/c1-2-17-10-16-8-12(17)9-18-13-6-4-3-5-11(13)7-14(18)15(19)20/h3-8,10H,2,9H2,1H3,(H,19,20). The molecule has 5 nitrogen and oxygen atoms in total. The van der Waals surface area contributed by atoms with Crippen LogP contribution >= 0.6 is 0 Å². The van der Waals surface area contributed by atoms with Gasteiger partial charge in [0.25, 0.3) is 0 Å². The van der Waals surface area contributed by atoms with Gasteiger partial charge in [0.15, 0.2) is 0 Å². The van der Waals surface area contributed by atoms with Gasteiger partial charge in [-0.25, -0.2) is 9.78 Å². The molecule has 0 aliphatic carbocycles. The molecule has 0 saturated carbocycles. The molecule has 0 amide bonds. The first-order chi connectivity index (χ1) is 9.70. The highest BCUT2D eigenvalue weighted by Gasteiger charge is 2.15. The van der Waals surface area contributed by atoms with Gasteiger partial charge in [0.2, 0.25) is 0 Å². The summed E-state index contributed by atoms with van der Waals surface area (Å²) in [6.07, 6.45) is 3.55. The molecule has 0 bridgehead atoms. The molecule has 0 spiro atoms. The maximum atomic E-state index is 11.4. The minimum atomic E-state index is -0.913. The fourth-order valence-corrected chi connectivity index (χ4v) is 2.48. The molecule has 0 aliphatic rings. The van der Waals surface area contributed by atoms with Gasteiger partial charge in [0.1, 0.15) is 5.69 Å². The van der Waals surface area contributed by atoms with E-state index in [1.54, 1.807) is 18.6 Å². The van der Waals surface area contributed by atoms with E-state index in [1.807, 2.05) is 40.3 Å². The van der Waals surface area contributed by atoms with Crippen molar-refractivity contribution in [1.82, 2.24) is 14.1 Å². The number of aromatic nitrogens is 3. The number of aryl methyl sites for hydroxylation is 1. The quantitative estimate of drug-likeness (QED) is 0.792. The summed E-state index contributed by atoms with van der Waals surface area (Å²) >= 11 is 0. The van der Waals surface area contributed by atoms with E-state index >= 15 is 0 Å². The number of hydrogen-bond donors (Lipinski definition) is 1. The third kappa shape index (κ3) is 1.97. The van der Waals surface area contributed by atoms with Crippen LogP contribution in [0.4, 0.5) is 0 Å². The second-order valence-electron chi connectivity index (χ2n) is 4.65. The van der Waals surface area contributed by atoms with Crippen LogP contribution in [0.1, 0.15) is 23.1 Å². The van der Waals surface area contributed by atoms with Crippen LogP contribution in [0.15, 0.2) is 42.9 Å². The lowest BCUT2D eigenvalue weighted by Crippen LogP contribution is -2.12. The zero-order chi connectivity index (χ0) is 14.1. The lowest BCUT2D eigenvalue weighted by atomic mass is 10.2. The van der Waals surface area contributed by atoms with E-state index in [2.05, 4.69) is 4.98 Å². The Labute approximate surface area is 116 Å². The molecule has 20 heavy (non-hydrogen) atoms. The molecular formula is C15H15N3O2. The number of hydrogen-bond acceptors (Lipinski definition) is 2. The predicted octanol–water partition coefficient (Wildman–Crippen LogP) is 2.60. The van der Waals surface area contributed by atoms with Gasteiger partial charge in [0, 0.05) is 23.6 Å². The number of imidazole rings is 1. The summed E-state index contributed by atoms with van der Waals surface area (Å²) in [6.45, 7) is 3.36. The number of aromatic carboxylic acids is 1. The largest absolute Gasteiger partial charge is 0.477 e. The van der Waals surface area contributed by atoms with E-state index in [-0.39, 0.29) is 0 Å². The first-order valence-electron chi connectivity index (χ1n) is 6.51. The van der Waals surface area contributed by atoms with Crippen molar-refractivity contribution < 1.29 is 9.90 Å². The number of rotatable bonds is 4. The molecule has 3 aromatic rings. The first kappa shape index (κ1) is 12.5. The molecule has 1 N–H and O–H groups in total. The third-order valence-corrected chi connectivity index (χ3v) is 3.49. The molecule has 0 saturated heterocycles. The van der Waals surface area contributed by atoms with Crippen molar-refractivity contribution in [3.63, 3.8) is 0 Å². The van der Waals surface area contributed by atoms with E-state index in [1.165, 1.54) is 0 Å². The van der Waals surface area contributed by atoms with Crippen LogP contribution in [0.2, 0.25) is 0 Å². The van der Waals surface area contributed by atoms with Crippen LogP contribution in [0, 0.1) is 0 Å². The molecule has 0 fully saturated rings. The van der Waals surface area contributed by atoms with Crippen LogP contribution in [0.5, 0.6) is 0 Å². The minimum Gasteiger partial charge on any atom is -0.477 e. The number of carboxylic acid groups (broad SMARTS) is 1.